The highest BCUT2D eigenvalue weighted by Crippen LogP contribution is 2.36. The molecule has 1 unspecified atom stereocenters. The molecule has 0 heterocycles. The maximum atomic E-state index is 11.7. The first-order chi connectivity index (χ1) is 10.2. The zero-order valence-electron chi connectivity index (χ0n) is 11.9. The Hall–Kier alpha value is -1.49. The number of carbonyl (C=O) groups excluding carboxylic acids is 2. The topological polar surface area (TPSA) is 104 Å². The zero-order chi connectivity index (χ0) is 15.5. The molecule has 0 aromatic heterocycles. The number of hydrogen-bond acceptors (Lipinski definition) is 4. The monoisotopic (exact) mass is 311 g/mol. The Balaban J connectivity index is 2.50. The molecule has 1 aromatic rings. The summed E-state index contributed by atoms with van der Waals surface area (Å²) in [6, 6.07) is 9.53. The second-order valence-corrected chi connectivity index (χ2v) is 6.40. The molecule has 0 fully saturated rings. The van der Waals surface area contributed by atoms with Gasteiger partial charge in [0.25, 0.3) is 0 Å². The van der Waals surface area contributed by atoms with Crippen LogP contribution in [-0.2, 0) is 16.0 Å². The van der Waals surface area contributed by atoms with Gasteiger partial charge in [-0.15, -0.1) is 0 Å². The van der Waals surface area contributed by atoms with Gasteiger partial charge in [0.15, 0.2) is 0 Å². The minimum absolute atomic E-state index is 0.0121. The van der Waals surface area contributed by atoms with Crippen molar-refractivity contribution in [3.05, 3.63) is 35.9 Å². The minimum Gasteiger partial charge on any atom is -0.371 e. The van der Waals surface area contributed by atoms with Gasteiger partial charge in [0.1, 0.15) is 0 Å². The molecule has 0 radical (unpaired) electrons. The standard InChI is InChI=1S/C14H22N3O3P/c15-7-4-8-16-13(19)10-21(20)14(17-11-18)9-12-5-2-1-3-6-12/h1-3,5-6,11,14,20H,4,7-10,15H2,(H,16,19)(H,17,18)/t14-,21?/m1/s1. The third-order valence-electron chi connectivity index (χ3n) is 2.90. The molecular formula is C14H22N3O3P. The van der Waals surface area contributed by atoms with E-state index in [1.165, 1.54) is 0 Å². The van der Waals surface area contributed by atoms with Crippen molar-refractivity contribution < 1.29 is 14.5 Å². The summed E-state index contributed by atoms with van der Waals surface area (Å²) in [6.45, 7) is 1.01. The number of hydrogen-bond donors (Lipinski definition) is 4. The van der Waals surface area contributed by atoms with Gasteiger partial charge in [0, 0.05) is 6.54 Å². The van der Waals surface area contributed by atoms with Gasteiger partial charge in [-0.2, -0.15) is 0 Å². The lowest BCUT2D eigenvalue weighted by atomic mass is 10.1. The molecule has 0 aliphatic rings. The molecule has 2 atom stereocenters. The normalized spacial score (nSPS) is 13.2. The molecule has 7 heteroatoms. The molecule has 0 bridgehead atoms. The lowest BCUT2D eigenvalue weighted by Crippen LogP contribution is -2.33. The Bertz CT molecular complexity index is 431. The smallest absolute Gasteiger partial charge is 0.226 e. The molecule has 0 saturated carbocycles. The number of nitrogens with one attached hydrogen (secondary N) is 2. The van der Waals surface area contributed by atoms with Gasteiger partial charge in [0.2, 0.25) is 12.3 Å². The van der Waals surface area contributed by atoms with E-state index in [4.69, 9.17) is 5.73 Å². The van der Waals surface area contributed by atoms with Crippen molar-refractivity contribution in [3.63, 3.8) is 0 Å². The van der Waals surface area contributed by atoms with Gasteiger partial charge in [-0.25, -0.2) is 0 Å². The maximum absolute atomic E-state index is 11.7. The predicted molar refractivity (Wildman–Crippen MR) is 83.8 cm³/mol. The Morgan fingerprint density at radius 1 is 1.38 bits per heavy atom. The van der Waals surface area contributed by atoms with Gasteiger partial charge >= 0.3 is 0 Å². The number of carbonyl (C=O) groups is 2. The van der Waals surface area contributed by atoms with Crippen molar-refractivity contribution in [3.8, 4) is 0 Å². The maximum Gasteiger partial charge on any atom is 0.226 e. The first-order valence-corrected chi connectivity index (χ1v) is 8.38. The highest BCUT2D eigenvalue weighted by molar-refractivity contribution is 7.53. The first-order valence-electron chi connectivity index (χ1n) is 6.83. The van der Waals surface area contributed by atoms with Crippen molar-refractivity contribution in [2.75, 3.05) is 19.3 Å². The van der Waals surface area contributed by atoms with Gasteiger partial charge in [-0.3, -0.25) is 9.59 Å². The third-order valence-corrected chi connectivity index (χ3v) is 4.56. The summed E-state index contributed by atoms with van der Waals surface area (Å²) in [5.74, 6) is -0.650. The lowest BCUT2D eigenvalue weighted by molar-refractivity contribution is -0.118. The number of amides is 2. The van der Waals surface area contributed by atoms with E-state index in [2.05, 4.69) is 10.6 Å². The van der Waals surface area contributed by atoms with Crippen LogP contribution in [0, 0.1) is 0 Å². The van der Waals surface area contributed by atoms with Crippen LogP contribution in [0.4, 0.5) is 0 Å². The van der Waals surface area contributed by atoms with Crippen molar-refractivity contribution >= 4 is 20.5 Å². The Kier molecular flexibility index (Phi) is 8.59. The van der Waals surface area contributed by atoms with Crippen LogP contribution < -0.4 is 16.4 Å². The number of benzene rings is 1. The quantitative estimate of drug-likeness (QED) is 0.280. The molecule has 2 amide bonds. The van der Waals surface area contributed by atoms with Gasteiger partial charge in [-0.05, 0) is 24.9 Å². The van der Waals surface area contributed by atoms with Crippen LogP contribution in [0.3, 0.4) is 0 Å². The van der Waals surface area contributed by atoms with E-state index in [1.54, 1.807) is 0 Å². The highest BCUT2D eigenvalue weighted by Gasteiger charge is 2.21. The summed E-state index contributed by atoms with van der Waals surface area (Å²) < 4.78 is 0. The molecule has 0 aliphatic carbocycles. The van der Waals surface area contributed by atoms with Crippen molar-refractivity contribution in [1.82, 2.24) is 10.6 Å². The molecule has 1 rings (SSSR count). The summed E-state index contributed by atoms with van der Waals surface area (Å²) >= 11 is 0. The van der Waals surface area contributed by atoms with E-state index >= 15 is 0 Å². The minimum atomic E-state index is -1.62. The summed E-state index contributed by atoms with van der Waals surface area (Å²) in [5.41, 5.74) is 6.35. The first kappa shape index (κ1) is 17.6. The fourth-order valence-corrected chi connectivity index (χ4v) is 3.09. The van der Waals surface area contributed by atoms with E-state index in [0.29, 0.717) is 32.3 Å². The van der Waals surface area contributed by atoms with E-state index in [0.717, 1.165) is 5.56 Å². The average molecular weight is 311 g/mol. The lowest BCUT2D eigenvalue weighted by Gasteiger charge is -2.22. The Morgan fingerprint density at radius 2 is 2.10 bits per heavy atom. The molecule has 0 spiro atoms. The Labute approximate surface area is 125 Å². The van der Waals surface area contributed by atoms with E-state index in [9.17, 15) is 14.5 Å². The van der Waals surface area contributed by atoms with E-state index in [-0.39, 0.29) is 12.1 Å². The van der Waals surface area contributed by atoms with Crippen LogP contribution in [0.5, 0.6) is 0 Å². The predicted octanol–water partition coefficient (Wildman–Crippen LogP) is 0.155. The van der Waals surface area contributed by atoms with Crippen LogP contribution in [0.2, 0.25) is 0 Å². The molecule has 0 saturated heterocycles. The molecular weight excluding hydrogens is 289 g/mol. The van der Waals surface area contributed by atoms with Crippen molar-refractivity contribution in [2.24, 2.45) is 5.73 Å². The molecule has 6 nitrogen and oxygen atoms in total. The van der Waals surface area contributed by atoms with Crippen LogP contribution in [0.15, 0.2) is 30.3 Å². The van der Waals surface area contributed by atoms with Crippen LogP contribution in [0.25, 0.3) is 0 Å². The average Bonchev–Trinajstić information content (AvgIpc) is 2.48. The number of rotatable bonds is 10. The van der Waals surface area contributed by atoms with Gasteiger partial charge < -0.3 is 21.3 Å². The SMILES string of the molecule is NCCCNC(=O)CP(O)[C@H](Cc1ccccc1)NC=O. The summed E-state index contributed by atoms with van der Waals surface area (Å²) in [4.78, 5) is 32.5. The fourth-order valence-electron chi connectivity index (χ4n) is 1.81. The van der Waals surface area contributed by atoms with E-state index < -0.39 is 13.9 Å². The van der Waals surface area contributed by atoms with Crippen molar-refractivity contribution in [1.29, 1.82) is 0 Å². The summed E-state index contributed by atoms with van der Waals surface area (Å²) in [5, 5.41) is 5.30. The Morgan fingerprint density at radius 3 is 2.71 bits per heavy atom. The third kappa shape index (κ3) is 7.18. The molecule has 116 valence electrons. The van der Waals surface area contributed by atoms with Crippen molar-refractivity contribution in [2.45, 2.75) is 18.6 Å². The molecule has 0 aliphatic heterocycles. The number of nitrogens with two attached hydrogens (primary N) is 1. The molecule has 5 N–H and O–H groups in total. The second kappa shape index (κ2) is 10.3. The molecule has 21 heavy (non-hydrogen) atoms. The highest BCUT2D eigenvalue weighted by atomic mass is 31.1. The van der Waals surface area contributed by atoms with Crippen LogP contribution >= 0.6 is 8.15 Å². The van der Waals surface area contributed by atoms with Gasteiger partial charge in [0.05, 0.1) is 20.1 Å². The van der Waals surface area contributed by atoms with Crippen LogP contribution in [-0.4, -0.2) is 42.2 Å². The summed E-state index contributed by atoms with van der Waals surface area (Å²) in [7, 11) is -1.62. The van der Waals surface area contributed by atoms with Crippen LogP contribution in [0.1, 0.15) is 12.0 Å². The zero-order valence-corrected chi connectivity index (χ0v) is 12.8. The largest absolute Gasteiger partial charge is 0.371 e. The summed E-state index contributed by atoms with van der Waals surface area (Å²) in [6.07, 6.45) is 1.77. The molecule has 1 aromatic carbocycles. The second-order valence-electron chi connectivity index (χ2n) is 4.58. The van der Waals surface area contributed by atoms with Gasteiger partial charge in [-0.1, -0.05) is 30.3 Å². The van der Waals surface area contributed by atoms with E-state index in [1.807, 2.05) is 30.3 Å². The fraction of sp³-hybridized carbons (Fsp3) is 0.429.